The van der Waals surface area contributed by atoms with Crippen LogP contribution in [0.4, 0.5) is 0 Å². The molecule has 94 valence electrons. The minimum Gasteiger partial charge on any atom is -0.354 e. The van der Waals surface area contributed by atoms with Crippen molar-refractivity contribution in [1.82, 2.24) is 10.2 Å². The van der Waals surface area contributed by atoms with E-state index in [0.29, 0.717) is 5.92 Å². The lowest BCUT2D eigenvalue weighted by Crippen LogP contribution is -2.44. The van der Waals surface area contributed by atoms with Gasteiger partial charge in [0.05, 0.1) is 6.04 Å². The summed E-state index contributed by atoms with van der Waals surface area (Å²) in [6.45, 7) is 5.09. The first-order valence-corrected chi connectivity index (χ1v) is 6.35. The minimum absolute atomic E-state index is 0.00933. The van der Waals surface area contributed by atoms with Crippen LogP contribution in [0.2, 0.25) is 0 Å². The number of amides is 1. The first-order valence-electron chi connectivity index (χ1n) is 6.35. The third-order valence-corrected chi connectivity index (χ3v) is 3.22. The molecule has 0 aromatic rings. The molecule has 1 heterocycles. The van der Waals surface area contributed by atoms with Crippen molar-refractivity contribution in [3.05, 3.63) is 0 Å². The van der Waals surface area contributed by atoms with Crippen LogP contribution in [0.3, 0.4) is 0 Å². The quantitative estimate of drug-likeness (QED) is 0.722. The molecule has 4 nitrogen and oxygen atoms in total. The van der Waals surface area contributed by atoms with Crippen LogP contribution in [0, 0.1) is 5.92 Å². The van der Waals surface area contributed by atoms with Crippen molar-refractivity contribution in [2.24, 2.45) is 11.7 Å². The molecule has 1 aliphatic heterocycles. The van der Waals surface area contributed by atoms with Gasteiger partial charge in [-0.1, -0.05) is 13.3 Å². The number of nitrogens with one attached hydrogen (secondary N) is 1. The highest BCUT2D eigenvalue weighted by Crippen LogP contribution is 2.13. The average Bonchev–Trinajstić information content (AvgIpc) is 2.26. The van der Waals surface area contributed by atoms with Crippen LogP contribution < -0.4 is 11.1 Å². The van der Waals surface area contributed by atoms with Crippen LogP contribution in [0.15, 0.2) is 0 Å². The van der Waals surface area contributed by atoms with Crippen LogP contribution in [0.5, 0.6) is 0 Å². The number of rotatable bonds is 5. The molecule has 1 saturated heterocycles. The standard InChI is InChI=1S/C12H25N3O/c1-3-5-11(13)12(16)14-8-10-6-4-7-15(2)9-10/h10-11H,3-9,13H2,1-2H3,(H,14,16)/t10?,11-/m1/s1. The number of carbonyl (C=O) groups excluding carboxylic acids is 1. The molecule has 0 saturated carbocycles. The van der Waals surface area contributed by atoms with E-state index in [2.05, 4.69) is 17.3 Å². The van der Waals surface area contributed by atoms with Gasteiger partial charge >= 0.3 is 0 Å². The third-order valence-electron chi connectivity index (χ3n) is 3.22. The summed E-state index contributed by atoms with van der Waals surface area (Å²) >= 11 is 0. The van der Waals surface area contributed by atoms with Gasteiger partial charge in [0.25, 0.3) is 0 Å². The van der Waals surface area contributed by atoms with Crippen molar-refractivity contribution >= 4 is 5.91 Å². The highest BCUT2D eigenvalue weighted by molar-refractivity contribution is 5.81. The zero-order chi connectivity index (χ0) is 12.0. The SMILES string of the molecule is CCC[C@@H](N)C(=O)NCC1CCCN(C)C1. The zero-order valence-corrected chi connectivity index (χ0v) is 10.5. The number of hydrogen-bond donors (Lipinski definition) is 2. The molecule has 1 rings (SSSR count). The maximum absolute atomic E-state index is 11.6. The van der Waals surface area contributed by atoms with E-state index in [4.69, 9.17) is 5.73 Å². The Balaban J connectivity index is 2.20. The van der Waals surface area contributed by atoms with E-state index < -0.39 is 0 Å². The van der Waals surface area contributed by atoms with Crippen LogP contribution in [0.25, 0.3) is 0 Å². The summed E-state index contributed by atoms with van der Waals surface area (Å²) in [5, 5.41) is 2.97. The van der Waals surface area contributed by atoms with Crippen molar-refractivity contribution in [3.8, 4) is 0 Å². The van der Waals surface area contributed by atoms with Crippen LogP contribution in [0.1, 0.15) is 32.6 Å². The molecule has 0 bridgehead atoms. The molecule has 0 aliphatic carbocycles. The van der Waals surface area contributed by atoms with E-state index in [0.717, 1.165) is 25.9 Å². The van der Waals surface area contributed by atoms with Crippen LogP contribution in [-0.2, 0) is 4.79 Å². The van der Waals surface area contributed by atoms with Gasteiger partial charge < -0.3 is 16.0 Å². The fraction of sp³-hybridized carbons (Fsp3) is 0.917. The van der Waals surface area contributed by atoms with Gasteiger partial charge in [-0.05, 0) is 38.8 Å². The second kappa shape index (κ2) is 6.86. The number of piperidine rings is 1. The summed E-state index contributed by atoms with van der Waals surface area (Å²) in [5.74, 6) is 0.603. The molecule has 0 spiro atoms. The second-order valence-electron chi connectivity index (χ2n) is 4.91. The topological polar surface area (TPSA) is 58.4 Å². The Hall–Kier alpha value is -0.610. The van der Waals surface area contributed by atoms with Gasteiger partial charge in [0.2, 0.25) is 5.91 Å². The summed E-state index contributed by atoms with van der Waals surface area (Å²) in [4.78, 5) is 13.9. The fourth-order valence-electron chi connectivity index (χ4n) is 2.26. The van der Waals surface area contributed by atoms with Crippen molar-refractivity contribution in [2.45, 2.75) is 38.6 Å². The molecule has 16 heavy (non-hydrogen) atoms. The molecule has 3 N–H and O–H groups in total. The second-order valence-corrected chi connectivity index (χ2v) is 4.91. The molecule has 1 unspecified atom stereocenters. The van der Waals surface area contributed by atoms with E-state index in [1.807, 2.05) is 6.92 Å². The molecule has 1 amide bonds. The van der Waals surface area contributed by atoms with E-state index in [1.165, 1.54) is 19.4 Å². The smallest absolute Gasteiger partial charge is 0.236 e. The molecular formula is C12H25N3O. The van der Waals surface area contributed by atoms with Gasteiger partial charge in [-0.2, -0.15) is 0 Å². The first kappa shape index (κ1) is 13.5. The molecule has 0 radical (unpaired) electrons. The number of nitrogens with two attached hydrogens (primary N) is 1. The predicted molar refractivity (Wildman–Crippen MR) is 66.1 cm³/mol. The Morgan fingerprint density at radius 2 is 2.38 bits per heavy atom. The average molecular weight is 227 g/mol. The van der Waals surface area contributed by atoms with E-state index in [1.54, 1.807) is 0 Å². The predicted octanol–water partition coefficient (Wildman–Crippen LogP) is 0.572. The Kier molecular flexibility index (Phi) is 5.77. The maximum atomic E-state index is 11.6. The van der Waals surface area contributed by atoms with Crippen molar-refractivity contribution < 1.29 is 4.79 Å². The summed E-state index contributed by atoms with van der Waals surface area (Å²) in [7, 11) is 2.14. The number of hydrogen-bond acceptors (Lipinski definition) is 3. The lowest BCUT2D eigenvalue weighted by molar-refractivity contribution is -0.122. The maximum Gasteiger partial charge on any atom is 0.236 e. The molecular weight excluding hydrogens is 202 g/mol. The van der Waals surface area contributed by atoms with Crippen molar-refractivity contribution in [1.29, 1.82) is 0 Å². The van der Waals surface area contributed by atoms with E-state index in [-0.39, 0.29) is 11.9 Å². The monoisotopic (exact) mass is 227 g/mol. The minimum atomic E-state index is -0.327. The zero-order valence-electron chi connectivity index (χ0n) is 10.5. The van der Waals surface area contributed by atoms with Gasteiger partial charge in [0.15, 0.2) is 0 Å². The summed E-state index contributed by atoms with van der Waals surface area (Å²) in [6, 6.07) is -0.327. The number of carbonyl (C=O) groups is 1. The Morgan fingerprint density at radius 3 is 3.00 bits per heavy atom. The van der Waals surface area contributed by atoms with Gasteiger partial charge in [-0.15, -0.1) is 0 Å². The van der Waals surface area contributed by atoms with Gasteiger partial charge in [0, 0.05) is 13.1 Å². The highest BCUT2D eigenvalue weighted by atomic mass is 16.2. The largest absolute Gasteiger partial charge is 0.354 e. The number of likely N-dealkylation sites (tertiary alicyclic amines) is 1. The van der Waals surface area contributed by atoms with E-state index in [9.17, 15) is 4.79 Å². The molecule has 0 aromatic heterocycles. The molecule has 1 fully saturated rings. The Bertz CT molecular complexity index is 220. The first-order chi connectivity index (χ1) is 7.63. The highest BCUT2D eigenvalue weighted by Gasteiger charge is 2.19. The van der Waals surface area contributed by atoms with Crippen molar-refractivity contribution in [3.63, 3.8) is 0 Å². The van der Waals surface area contributed by atoms with Gasteiger partial charge in [-0.25, -0.2) is 0 Å². The molecule has 4 heteroatoms. The van der Waals surface area contributed by atoms with E-state index >= 15 is 0 Å². The lowest BCUT2D eigenvalue weighted by Gasteiger charge is -2.29. The third kappa shape index (κ3) is 4.49. The molecule has 2 atom stereocenters. The van der Waals surface area contributed by atoms with Crippen LogP contribution in [-0.4, -0.2) is 43.5 Å². The number of nitrogens with zero attached hydrogens (tertiary/aromatic N) is 1. The summed E-state index contributed by atoms with van der Waals surface area (Å²) < 4.78 is 0. The normalized spacial score (nSPS) is 24.1. The Labute approximate surface area is 98.6 Å². The lowest BCUT2D eigenvalue weighted by atomic mass is 9.98. The Morgan fingerprint density at radius 1 is 1.62 bits per heavy atom. The van der Waals surface area contributed by atoms with Crippen molar-refractivity contribution in [2.75, 3.05) is 26.7 Å². The molecule has 1 aliphatic rings. The molecule has 0 aromatic carbocycles. The summed E-state index contributed by atoms with van der Waals surface area (Å²) in [5.41, 5.74) is 5.75. The van der Waals surface area contributed by atoms with Gasteiger partial charge in [0.1, 0.15) is 0 Å². The van der Waals surface area contributed by atoms with Crippen LogP contribution >= 0.6 is 0 Å². The van der Waals surface area contributed by atoms with Gasteiger partial charge in [-0.3, -0.25) is 4.79 Å². The fourth-order valence-corrected chi connectivity index (χ4v) is 2.26. The summed E-state index contributed by atoms with van der Waals surface area (Å²) in [6.07, 6.45) is 4.18.